The molecule has 1 heterocycles. The van der Waals surface area contributed by atoms with Gasteiger partial charge in [-0.25, -0.2) is 4.79 Å². The largest absolute Gasteiger partial charge is 0.416 e. The predicted molar refractivity (Wildman–Crippen MR) is 92.5 cm³/mol. The van der Waals surface area contributed by atoms with E-state index in [1.165, 1.54) is 20.2 Å². The van der Waals surface area contributed by atoms with E-state index in [1.54, 1.807) is 12.1 Å². The zero-order valence-electron chi connectivity index (χ0n) is 14.7. The number of hydrogen-bond acceptors (Lipinski definition) is 4. The minimum atomic E-state index is -4.43. The van der Waals surface area contributed by atoms with Gasteiger partial charge in [0.2, 0.25) is 0 Å². The fraction of sp³-hybridized carbons (Fsp3) is 0.389. The van der Waals surface area contributed by atoms with E-state index in [9.17, 15) is 28.0 Å². The van der Waals surface area contributed by atoms with Gasteiger partial charge in [-0.15, -0.1) is 0 Å². The van der Waals surface area contributed by atoms with Gasteiger partial charge in [0, 0.05) is 26.1 Å². The van der Waals surface area contributed by atoms with E-state index in [-0.39, 0.29) is 17.9 Å². The molecule has 0 spiro atoms. The number of aromatic nitrogens is 2. The number of alkyl halides is 3. The maximum Gasteiger partial charge on any atom is 0.416 e. The third-order valence-electron chi connectivity index (χ3n) is 5.03. The third-order valence-corrected chi connectivity index (χ3v) is 5.03. The molecular formula is C18H17F3N4O2. The molecule has 0 atom stereocenters. The van der Waals surface area contributed by atoms with Crippen molar-refractivity contribution in [3.05, 3.63) is 61.8 Å². The molecular weight excluding hydrogens is 361 g/mol. The van der Waals surface area contributed by atoms with E-state index >= 15 is 0 Å². The van der Waals surface area contributed by atoms with Crippen molar-refractivity contribution in [2.24, 2.45) is 14.1 Å². The Morgan fingerprint density at radius 2 is 1.89 bits per heavy atom. The van der Waals surface area contributed by atoms with Crippen LogP contribution in [-0.2, 0) is 25.7 Å². The number of benzene rings is 1. The van der Waals surface area contributed by atoms with Gasteiger partial charge in [0.1, 0.15) is 11.9 Å². The van der Waals surface area contributed by atoms with Crippen LogP contribution in [0.3, 0.4) is 0 Å². The summed E-state index contributed by atoms with van der Waals surface area (Å²) < 4.78 is 40.9. The quantitative estimate of drug-likeness (QED) is 0.884. The van der Waals surface area contributed by atoms with Crippen LogP contribution in [0.25, 0.3) is 0 Å². The maximum atomic E-state index is 13.0. The first-order valence-electron chi connectivity index (χ1n) is 8.22. The Balaban J connectivity index is 1.94. The molecule has 27 heavy (non-hydrogen) atoms. The van der Waals surface area contributed by atoms with Crippen molar-refractivity contribution in [3.63, 3.8) is 0 Å². The number of nitrogens with zero attached hydrogens (tertiary/aromatic N) is 3. The Bertz CT molecular complexity index is 1060. The highest BCUT2D eigenvalue weighted by atomic mass is 19.4. The van der Waals surface area contributed by atoms with Crippen molar-refractivity contribution in [1.29, 1.82) is 5.26 Å². The van der Waals surface area contributed by atoms with Crippen molar-refractivity contribution < 1.29 is 13.2 Å². The molecule has 1 aliphatic rings. The van der Waals surface area contributed by atoms with Gasteiger partial charge in [-0.3, -0.25) is 13.9 Å². The molecule has 0 unspecified atom stereocenters. The van der Waals surface area contributed by atoms with E-state index in [2.05, 4.69) is 5.32 Å². The van der Waals surface area contributed by atoms with Crippen molar-refractivity contribution in [3.8, 4) is 6.07 Å². The number of hydrogen-bond donors (Lipinski definition) is 1. The summed E-state index contributed by atoms with van der Waals surface area (Å²) >= 11 is 0. The van der Waals surface area contributed by atoms with Crippen LogP contribution in [0, 0.1) is 11.3 Å². The Morgan fingerprint density at radius 1 is 1.22 bits per heavy atom. The molecule has 0 saturated heterocycles. The number of nitrogens with one attached hydrogen (secondary N) is 1. The maximum absolute atomic E-state index is 13.0. The summed E-state index contributed by atoms with van der Waals surface area (Å²) in [6, 6.07) is 6.95. The SMILES string of the molecule is Cn1c(NCC2(c3cccc(C(F)(F)F)c3)CC2)c(C#N)c(=O)n(C)c1=O. The smallest absolute Gasteiger partial charge is 0.369 e. The van der Waals surface area contributed by atoms with Crippen LogP contribution < -0.4 is 16.6 Å². The molecule has 142 valence electrons. The zero-order valence-corrected chi connectivity index (χ0v) is 14.7. The predicted octanol–water partition coefficient (Wildman–Crippen LogP) is 2.12. The van der Waals surface area contributed by atoms with Gasteiger partial charge in [-0.05, 0) is 24.5 Å². The molecule has 3 rings (SSSR count). The topological polar surface area (TPSA) is 79.8 Å². The molecule has 0 aliphatic heterocycles. The van der Waals surface area contributed by atoms with E-state index in [0.29, 0.717) is 18.4 Å². The molecule has 2 aromatic rings. The van der Waals surface area contributed by atoms with Crippen LogP contribution in [-0.4, -0.2) is 15.7 Å². The van der Waals surface area contributed by atoms with Crippen LogP contribution in [0.4, 0.5) is 19.0 Å². The summed E-state index contributed by atoms with van der Waals surface area (Å²) in [4.78, 5) is 24.2. The molecule has 0 amide bonds. The summed E-state index contributed by atoms with van der Waals surface area (Å²) in [6.07, 6.45) is -3.09. The molecule has 6 nitrogen and oxygen atoms in total. The van der Waals surface area contributed by atoms with Crippen LogP contribution in [0.15, 0.2) is 33.9 Å². The Kier molecular flexibility index (Phi) is 4.38. The second-order valence-corrected chi connectivity index (χ2v) is 6.75. The Morgan fingerprint density at radius 3 is 2.44 bits per heavy atom. The minimum Gasteiger partial charge on any atom is -0.369 e. The molecule has 0 radical (unpaired) electrons. The molecule has 9 heteroatoms. The second kappa shape index (κ2) is 6.30. The van der Waals surface area contributed by atoms with Gasteiger partial charge in [-0.1, -0.05) is 18.2 Å². The molecule has 1 aromatic heterocycles. The van der Waals surface area contributed by atoms with Crippen molar-refractivity contribution >= 4 is 5.82 Å². The normalized spacial score (nSPS) is 15.3. The van der Waals surface area contributed by atoms with Crippen LogP contribution in [0.5, 0.6) is 0 Å². The first kappa shape index (κ1) is 18.8. The standard InChI is InChI=1S/C18H17F3N4O2/c1-24-14(13(9-22)15(26)25(2)16(24)27)23-10-17(6-7-17)11-4-3-5-12(8-11)18(19,20)21/h3-5,8,23H,6-7,10H2,1-2H3. The zero-order chi connectivity index (χ0) is 20.0. The van der Waals surface area contributed by atoms with E-state index in [0.717, 1.165) is 21.3 Å². The van der Waals surface area contributed by atoms with Crippen LogP contribution >= 0.6 is 0 Å². The lowest BCUT2D eigenvalue weighted by Gasteiger charge is -2.20. The molecule has 1 N–H and O–H groups in total. The van der Waals surface area contributed by atoms with Gasteiger partial charge < -0.3 is 5.32 Å². The lowest BCUT2D eigenvalue weighted by atomic mass is 9.94. The molecule has 1 saturated carbocycles. The Labute approximate surface area is 152 Å². The summed E-state index contributed by atoms with van der Waals surface area (Å²) in [5.41, 5.74) is -2.22. The minimum absolute atomic E-state index is 0.0730. The summed E-state index contributed by atoms with van der Waals surface area (Å²) in [7, 11) is 2.70. The first-order chi connectivity index (χ1) is 12.6. The van der Waals surface area contributed by atoms with E-state index in [4.69, 9.17) is 0 Å². The van der Waals surface area contributed by atoms with Gasteiger partial charge in [-0.2, -0.15) is 18.4 Å². The third kappa shape index (κ3) is 3.23. The highest BCUT2D eigenvalue weighted by Crippen LogP contribution is 2.49. The van der Waals surface area contributed by atoms with Crippen molar-refractivity contribution in [2.75, 3.05) is 11.9 Å². The van der Waals surface area contributed by atoms with Crippen molar-refractivity contribution in [1.82, 2.24) is 9.13 Å². The number of halogens is 3. The van der Waals surface area contributed by atoms with Gasteiger partial charge in [0.25, 0.3) is 5.56 Å². The van der Waals surface area contributed by atoms with E-state index < -0.39 is 28.4 Å². The fourth-order valence-electron chi connectivity index (χ4n) is 3.15. The first-order valence-corrected chi connectivity index (χ1v) is 8.22. The number of anilines is 1. The average Bonchev–Trinajstić information content (AvgIpc) is 3.42. The van der Waals surface area contributed by atoms with Crippen LogP contribution in [0.1, 0.15) is 29.5 Å². The highest BCUT2D eigenvalue weighted by Gasteiger charge is 2.45. The highest BCUT2D eigenvalue weighted by molar-refractivity contribution is 5.52. The van der Waals surface area contributed by atoms with Gasteiger partial charge in [0.05, 0.1) is 5.56 Å². The van der Waals surface area contributed by atoms with Crippen molar-refractivity contribution in [2.45, 2.75) is 24.4 Å². The molecule has 0 bridgehead atoms. The van der Waals surface area contributed by atoms with Gasteiger partial charge >= 0.3 is 11.9 Å². The number of nitriles is 1. The van der Waals surface area contributed by atoms with E-state index in [1.807, 2.05) is 0 Å². The molecule has 1 aromatic carbocycles. The molecule has 1 fully saturated rings. The average molecular weight is 378 g/mol. The fourth-order valence-corrected chi connectivity index (χ4v) is 3.15. The summed E-state index contributed by atoms with van der Waals surface area (Å²) in [5.74, 6) is 0.0730. The lowest BCUT2D eigenvalue weighted by molar-refractivity contribution is -0.137. The second-order valence-electron chi connectivity index (χ2n) is 6.75. The lowest BCUT2D eigenvalue weighted by Crippen LogP contribution is -2.40. The number of rotatable bonds is 4. The van der Waals surface area contributed by atoms with Crippen LogP contribution in [0.2, 0.25) is 0 Å². The monoisotopic (exact) mass is 378 g/mol. The summed E-state index contributed by atoms with van der Waals surface area (Å²) in [6.45, 7) is 0.212. The summed E-state index contributed by atoms with van der Waals surface area (Å²) in [5, 5.41) is 12.2. The molecule has 1 aliphatic carbocycles. The van der Waals surface area contributed by atoms with Gasteiger partial charge in [0.15, 0.2) is 5.56 Å². The Hall–Kier alpha value is -3.02.